The van der Waals surface area contributed by atoms with Crippen molar-refractivity contribution in [1.29, 1.82) is 0 Å². The summed E-state index contributed by atoms with van der Waals surface area (Å²) < 4.78 is 11.6. The first-order valence-corrected chi connectivity index (χ1v) is 10.7. The van der Waals surface area contributed by atoms with Gasteiger partial charge in [-0.25, -0.2) is 4.79 Å². The van der Waals surface area contributed by atoms with Gasteiger partial charge in [0, 0.05) is 23.6 Å². The molecule has 0 aromatic carbocycles. The fourth-order valence-electron chi connectivity index (χ4n) is 4.08. The van der Waals surface area contributed by atoms with Crippen molar-refractivity contribution in [2.75, 3.05) is 26.2 Å². The van der Waals surface area contributed by atoms with E-state index in [2.05, 4.69) is 0 Å². The minimum absolute atomic E-state index is 0.149. The summed E-state index contributed by atoms with van der Waals surface area (Å²) >= 11 is 3.05. The Balaban J connectivity index is 1.34. The summed E-state index contributed by atoms with van der Waals surface area (Å²) in [5.74, 6) is 0.584. The number of piperidine rings is 3. The van der Waals surface area contributed by atoms with Gasteiger partial charge in [0.25, 0.3) is 0 Å². The molecule has 0 N–H and O–H groups in total. The number of ketones is 1. The van der Waals surface area contributed by atoms with E-state index < -0.39 is 6.16 Å². The molecule has 7 heteroatoms. The van der Waals surface area contributed by atoms with E-state index >= 15 is 0 Å². The Morgan fingerprint density at radius 3 is 2.58 bits per heavy atom. The van der Waals surface area contributed by atoms with Crippen molar-refractivity contribution in [3.05, 3.63) is 44.8 Å². The lowest BCUT2D eigenvalue weighted by Crippen LogP contribution is -2.65. The Morgan fingerprint density at radius 1 is 1.12 bits per heavy atom. The smallest absolute Gasteiger partial charge is 0.429 e. The Hall–Kier alpha value is -1.70. The molecule has 3 fully saturated rings. The van der Waals surface area contributed by atoms with E-state index in [0.29, 0.717) is 12.5 Å². The SMILES string of the molecule is O=C(OCc1cccs1)OC1C[N+]2(CC(=O)c3cccs3)CCC1CC2. The average molecular weight is 393 g/mol. The van der Waals surface area contributed by atoms with Crippen LogP contribution in [0.2, 0.25) is 0 Å². The summed E-state index contributed by atoms with van der Waals surface area (Å²) in [5, 5.41) is 3.89. The summed E-state index contributed by atoms with van der Waals surface area (Å²) in [6, 6.07) is 7.66. The zero-order chi connectivity index (χ0) is 18.0. The molecule has 3 saturated heterocycles. The first kappa shape index (κ1) is 17.7. The Bertz CT molecular complexity index is 749. The van der Waals surface area contributed by atoms with E-state index in [1.165, 1.54) is 11.3 Å². The third-order valence-corrected chi connectivity index (χ3v) is 7.24. The van der Waals surface area contributed by atoms with Gasteiger partial charge in [-0.15, -0.1) is 22.7 Å². The minimum Gasteiger partial charge on any atom is -0.429 e. The lowest BCUT2D eigenvalue weighted by atomic mass is 9.83. The van der Waals surface area contributed by atoms with E-state index in [1.807, 2.05) is 35.0 Å². The van der Waals surface area contributed by atoms with Crippen molar-refractivity contribution in [2.24, 2.45) is 5.92 Å². The molecule has 2 aromatic rings. The second-order valence-electron chi connectivity index (χ2n) is 7.14. The highest BCUT2D eigenvalue weighted by atomic mass is 32.1. The lowest BCUT2D eigenvalue weighted by molar-refractivity contribution is -0.938. The summed E-state index contributed by atoms with van der Waals surface area (Å²) in [4.78, 5) is 26.5. The second-order valence-corrected chi connectivity index (χ2v) is 9.12. The first-order chi connectivity index (χ1) is 12.6. The maximum Gasteiger partial charge on any atom is 0.509 e. The number of thiophene rings is 2. The summed E-state index contributed by atoms with van der Waals surface area (Å²) in [7, 11) is 0. The van der Waals surface area contributed by atoms with Gasteiger partial charge in [-0.1, -0.05) is 12.1 Å². The predicted octanol–water partition coefficient (Wildman–Crippen LogP) is 3.95. The highest BCUT2D eigenvalue weighted by molar-refractivity contribution is 7.12. The van der Waals surface area contributed by atoms with Crippen LogP contribution < -0.4 is 0 Å². The molecule has 0 aliphatic carbocycles. The van der Waals surface area contributed by atoms with E-state index in [9.17, 15) is 9.59 Å². The number of nitrogens with zero attached hydrogens (tertiary/aromatic N) is 1. The number of rotatable bonds is 6. The van der Waals surface area contributed by atoms with Crippen molar-refractivity contribution in [2.45, 2.75) is 25.6 Å². The number of hydrogen-bond acceptors (Lipinski definition) is 6. The number of carbonyl (C=O) groups is 2. The van der Waals surface area contributed by atoms with Gasteiger partial charge in [0.05, 0.1) is 18.0 Å². The van der Waals surface area contributed by atoms with Gasteiger partial charge in [-0.3, -0.25) is 4.79 Å². The van der Waals surface area contributed by atoms with Crippen molar-refractivity contribution in [3.8, 4) is 0 Å². The Kier molecular flexibility index (Phi) is 5.11. The van der Waals surface area contributed by atoms with Gasteiger partial charge in [-0.05, 0) is 22.9 Å². The van der Waals surface area contributed by atoms with E-state index in [0.717, 1.165) is 46.7 Å². The quantitative estimate of drug-likeness (QED) is 0.424. The maximum atomic E-state index is 12.6. The molecule has 5 rings (SSSR count). The van der Waals surface area contributed by atoms with Crippen LogP contribution in [0.4, 0.5) is 4.79 Å². The molecule has 2 aromatic heterocycles. The number of hydrogen-bond donors (Lipinski definition) is 0. The first-order valence-electron chi connectivity index (χ1n) is 8.91. The van der Waals surface area contributed by atoms with Gasteiger partial charge in [0.15, 0.2) is 6.10 Å². The van der Waals surface area contributed by atoms with Crippen LogP contribution in [-0.4, -0.2) is 48.7 Å². The monoisotopic (exact) mass is 392 g/mol. The third kappa shape index (κ3) is 3.84. The zero-order valence-electron chi connectivity index (χ0n) is 14.5. The molecule has 3 aliphatic rings. The van der Waals surface area contributed by atoms with Gasteiger partial charge in [0.2, 0.25) is 5.78 Å². The summed E-state index contributed by atoms with van der Waals surface area (Å²) in [5.41, 5.74) is 0. The van der Waals surface area contributed by atoms with Crippen LogP contribution in [0.1, 0.15) is 27.4 Å². The van der Waals surface area contributed by atoms with Crippen LogP contribution in [0.5, 0.6) is 0 Å². The van der Waals surface area contributed by atoms with E-state index in [4.69, 9.17) is 9.47 Å². The van der Waals surface area contributed by atoms with E-state index in [1.54, 1.807) is 11.3 Å². The molecule has 0 amide bonds. The Morgan fingerprint density at radius 2 is 1.88 bits per heavy atom. The van der Waals surface area contributed by atoms with Crippen LogP contribution in [0.3, 0.4) is 0 Å². The molecule has 0 spiro atoms. The van der Waals surface area contributed by atoms with Crippen LogP contribution in [0, 0.1) is 5.92 Å². The third-order valence-electron chi connectivity index (χ3n) is 5.48. The highest BCUT2D eigenvalue weighted by Gasteiger charge is 2.48. The molecule has 5 nitrogen and oxygen atoms in total. The average Bonchev–Trinajstić information content (AvgIpc) is 3.34. The van der Waals surface area contributed by atoms with E-state index in [-0.39, 0.29) is 18.5 Å². The number of Topliss-reactive ketones (excluding diaryl/α,β-unsaturated/α-hetero) is 1. The molecule has 138 valence electrons. The fourth-order valence-corrected chi connectivity index (χ4v) is 5.35. The fraction of sp³-hybridized carbons (Fsp3) is 0.474. The molecule has 3 aliphatic heterocycles. The van der Waals surface area contributed by atoms with Gasteiger partial charge in [-0.2, -0.15) is 0 Å². The second kappa shape index (κ2) is 7.50. The minimum atomic E-state index is -0.597. The van der Waals surface area contributed by atoms with Crippen LogP contribution in [0.15, 0.2) is 35.0 Å². The molecule has 2 bridgehead atoms. The maximum absolute atomic E-state index is 12.6. The lowest BCUT2D eigenvalue weighted by Gasteiger charge is -2.51. The van der Waals surface area contributed by atoms with Crippen molar-refractivity contribution in [1.82, 2.24) is 0 Å². The Labute approximate surface area is 160 Å². The largest absolute Gasteiger partial charge is 0.509 e. The summed E-state index contributed by atoms with van der Waals surface area (Å²) in [6.45, 7) is 3.45. The normalized spacial score (nSPS) is 27.2. The van der Waals surface area contributed by atoms with Gasteiger partial charge < -0.3 is 14.0 Å². The number of ether oxygens (including phenoxy) is 2. The molecule has 5 heterocycles. The predicted molar refractivity (Wildman–Crippen MR) is 100 cm³/mol. The standard InChI is InChI=1S/C19H22NO4S2/c21-16(18-4-2-10-26-18)11-20-7-5-14(6-8-20)17(12-20)24-19(22)23-13-15-3-1-9-25-15/h1-4,9-10,14,17H,5-8,11-13H2/q+1. The van der Waals surface area contributed by atoms with Crippen LogP contribution >= 0.6 is 22.7 Å². The van der Waals surface area contributed by atoms with Crippen molar-refractivity contribution >= 4 is 34.6 Å². The molecule has 0 radical (unpaired) electrons. The number of quaternary nitrogens is 1. The topological polar surface area (TPSA) is 52.6 Å². The number of fused-ring (bicyclic) bond motifs is 3. The van der Waals surface area contributed by atoms with Crippen LogP contribution in [0.25, 0.3) is 0 Å². The van der Waals surface area contributed by atoms with Crippen LogP contribution in [-0.2, 0) is 16.1 Å². The molecular formula is C19H22NO4S2+. The van der Waals surface area contributed by atoms with Gasteiger partial charge in [0.1, 0.15) is 19.7 Å². The van der Waals surface area contributed by atoms with Gasteiger partial charge >= 0.3 is 6.16 Å². The molecule has 0 saturated carbocycles. The molecular weight excluding hydrogens is 370 g/mol. The molecule has 26 heavy (non-hydrogen) atoms. The zero-order valence-corrected chi connectivity index (χ0v) is 16.1. The molecule has 1 unspecified atom stereocenters. The summed E-state index contributed by atoms with van der Waals surface area (Å²) in [6.07, 6.45) is 1.26. The highest BCUT2D eigenvalue weighted by Crippen LogP contribution is 2.36. The number of carbonyl (C=O) groups excluding carboxylic acids is 2. The molecule has 1 atom stereocenters. The van der Waals surface area contributed by atoms with Crippen molar-refractivity contribution < 1.29 is 23.5 Å². The van der Waals surface area contributed by atoms with Crippen molar-refractivity contribution in [3.63, 3.8) is 0 Å².